The highest BCUT2D eigenvalue weighted by molar-refractivity contribution is 5.63. The molecule has 0 fully saturated rings. The zero-order valence-electron chi connectivity index (χ0n) is 11.4. The van der Waals surface area contributed by atoms with Crippen LogP contribution < -0.4 is 9.80 Å². The number of benzene rings is 2. The summed E-state index contributed by atoms with van der Waals surface area (Å²) in [5.41, 5.74) is 5.15. The molecular formula is C17H18N2. The Labute approximate surface area is 114 Å². The summed E-state index contributed by atoms with van der Waals surface area (Å²) < 4.78 is 0. The molecule has 1 heterocycles. The average molecular weight is 250 g/mol. The van der Waals surface area contributed by atoms with Crippen LogP contribution in [0.25, 0.3) is 0 Å². The Bertz CT molecular complexity index is 563. The van der Waals surface area contributed by atoms with E-state index in [0.29, 0.717) is 0 Å². The number of rotatable bonds is 2. The van der Waals surface area contributed by atoms with Crippen LogP contribution >= 0.6 is 0 Å². The summed E-state index contributed by atoms with van der Waals surface area (Å²) in [4.78, 5) is 4.56. The van der Waals surface area contributed by atoms with Crippen molar-refractivity contribution in [1.29, 1.82) is 0 Å². The van der Waals surface area contributed by atoms with E-state index < -0.39 is 0 Å². The van der Waals surface area contributed by atoms with Gasteiger partial charge in [0.05, 0.1) is 6.67 Å². The van der Waals surface area contributed by atoms with Gasteiger partial charge in [0, 0.05) is 23.8 Å². The summed E-state index contributed by atoms with van der Waals surface area (Å²) in [5, 5.41) is 0. The fourth-order valence-corrected chi connectivity index (χ4v) is 2.50. The van der Waals surface area contributed by atoms with E-state index in [1.165, 1.54) is 22.5 Å². The number of aryl methyl sites for hydroxylation is 2. The molecule has 0 aromatic heterocycles. The van der Waals surface area contributed by atoms with Gasteiger partial charge in [0.25, 0.3) is 0 Å². The van der Waals surface area contributed by atoms with E-state index in [2.05, 4.69) is 84.6 Å². The smallest absolute Gasteiger partial charge is 0.0989 e. The second-order valence-corrected chi connectivity index (χ2v) is 4.95. The van der Waals surface area contributed by atoms with E-state index in [-0.39, 0.29) is 0 Å². The first-order valence-electron chi connectivity index (χ1n) is 6.58. The SMILES string of the molecule is Cc1ccccc1N1C=CN(c2ccccc2C)C1. The lowest BCUT2D eigenvalue weighted by molar-refractivity contribution is 0.966. The van der Waals surface area contributed by atoms with Crippen molar-refractivity contribution in [3.8, 4) is 0 Å². The fraction of sp³-hybridized carbons (Fsp3) is 0.176. The van der Waals surface area contributed by atoms with Crippen LogP contribution in [0.15, 0.2) is 60.9 Å². The van der Waals surface area contributed by atoms with Crippen molar-refractivity contribution in [2.75, 3.05) is 16.5 Å². The molecule has 0 saturated carbocycles. The summed E-state index contributed by atoms with van der Waals surface area (Å²) in [7, 11) is 0. The summed E-state index contributed by atoms with van der Waals surface area (Å²) in [6, 6.07) is 17.0. The van der Waals surface area contributed by atoms with Crippen LogP contribution in [0.3, 0.4) is 0 Å². The number of hydrogen-bond acceptors (Lipinski definition) is 2. The predicted octanol–water partition coefficient (Wildman–Crippen LogP) is 4.06. The lowest BCUT2D eigenvalue weighted by Gasteiger charge is -2.23. The molecule has 2 nitrogen and oxygen atoms in total. The van der Waals surface area contributed by atoms with Crippen LogP contribution in [0.1, 0.15) is 11.1 Å². The highest BCUT2D eigenvalue weighted by Crippen LogP contribution is 2.27. The van der Waals surface area contributed by atoms with Gasteiger partial charge in [-0.2, -0.15) is 0 Å². The Hall–Kier alpha value is -2.22. The lowest BCUT2D eigenvalue weighted by atomic mass is 10.2. The van der Waals surface area contributed by atoms with Crippen LogP contribution in [0.2, 0.25) is 0 Å². The Morgan fingerprint density at radius 3 is 1.53 bits per heavy atom. The Kier molecular flexibility index (Phi) is 3.00. The van der Waals surface area contributed by atoms with Crippen molar-refractivity contribution in [3.05, 3.63) is 72.1 Å². The van der Waals surface area contributed by atoms with Crippen molar-refractivity contribution in [2.45, 2.75) is 13.8 Å². The molecular weight excluding hydrogens is 232 g/mol. The molecule has 0 amide bonds. The van der Waals surface area contributed by atoms with Crippen LogP contribution in [0.5, 0.6) is 0 Å². The third-order valence-corrected chi connectivity index (χ3v) is 3.58. The Morgan fingerprint density at radius 1 is 0.684 bits per heavy atom. The number of nitrogens with zero attached hydrogens (tertiary/aromatic N) is 2. The van der Waals surface area contributed by atoms with Crippen LogP contribution in [0, 0.1) is 13.8 Å². The highest BCUT2D eigenvalue weighted by Gasteiger charge is 2.17. The molecule has 2 aromatic carbocycles. The van der Waals surface area contributed by atoms with Gasteiger partial charge in [-0.05, 0) is 37.1 Å². The standard InChI is InChI=1S/C17H18N2/c1-14-7-3-5-9-16(14)18-11-12-19(13-18)17-10-6-4-8-15(17)2/h3-12H,13H2,1-2H3. The minimum Gasteiger partial charge on any atom is -0.328 e. The predicted molar refractivity (Wildman–Crippen MR) is 81.3 cm³/mol. The van der Waals surface area contributed by atoms with E-state index in [4.69, 9.17) is 0 Å². The van der Waals surface area contributed by atoms with Gasteiger partial charge in [0.15, 0.2) is 0 Å². The van der Waals surface area contributed by atoms with E-state index in [1.807, 2.05) is 0 Å². The average Bonchev–Trinajstić information content (AvgIpc) is 2.89. The monoisotopic (exact) mass is 250 g/mol. The third kappa shape index (κ3) is 2.22. The lowest BCUT2D eigenvalue weighted by Crippen LogP contribution is -2.25. The van der Waals surface area contributed by atoms with Gasteiger partial charge in [0.2, 0.25) is 0 Å². The molecule has 1 aliphatic heterocycles. The molecule has 2 aromatic rings. The minimum atomic E-state index is 0.871. The van der Waals surface area contributed by atoms with Crippen LogP contribution in [0.4, 0.5) is 11.4 Å². The summed E-state index contributed by atoms with van der Waals surface area (Å²) in [6.45, 7) is 5.18. The summed E-state index contributed by atoms with van der Waals surface area (Å²) in [5.74, 6) is 0. The van der Waals surface area contributed by atoms with Crippen molar-refractivity contribution in [1.82, 2.24) is 0 Å². The molecule has 0 aliphatic carbocycles. The van der Waals surface area contributed by atoms with Crippen molar-refractivity contribution < 1.29 is 0 Å². The first kappa shape index (κ1) is 11.8. The topological polar surface area (TPSA) is 6.48 Å². The van der Waals surface area contributed by atoms with E-state index in [0.717, 1.165) is 6.67 Å². The maximum Gasteiger partial charge on any atom is 0.0989 e. The Balaban J connectivity index is 1.84. The van der Waals surface area contributed by atoms with Crippen molar-refractivity contribution in [2.24, 2.45) is 0 Å². The second kappa shape index (κ2) is 4.81. The highest BCUT2D eigenvalue weighted by atomic mass is 15.3. The van der Waals surface area contributed by atoms with Crippen molar-refractivity contribution in [3.63, 3.8) is 0 Å². The molecule has 3 rings (SSSR count). The molecule has 2 heteroatoms. The van der Waals surface area contributed by atoms with E-state index >= 15 is 0 Å². The molecule has 0 saturated heterocycles. The zero-order chi connectivity index (χ0) is 13.2. The molecule has 0 atom stereocenters. The zero-order valence-corrected chi connectivity index (χ0v) is 11.4. The molecule has 0 radical (unpaired) electrons. The number of hydrogen-bond donors (Lipinski definition) is 0. The molecule has 0 N–H and O–H groups in total. The quantitative estimate of drug-likeness (QED) is 0.793. The van der Waals surface area contributed by atoms with Gasteiger partial charge >= 0.3 is 0 Å². The maximum atomic E-state index is 2.28. The van der Waals surface area contributed by atoms with Crippen LogP contribution in [-0.4, -0.2) is 6.67 Å². The molecule has 0 bridgehead atoms. The van der Waals surface area contributed by atoms with Gasteiger partial charge in [-0.15, -0.1) is 0 Å². The largest absolute Gasteiger partial charge is 0.328 e. The molecule has 0 unspecified atom stereocenters. The van der Waals surface area contributed by atoms with Gasteiger partial charge in [-0.25, -0.2) is 0 Å². The first-order chi connectivity index (χ1) is 9.25. The molecule has 0 spiro atoms. The molecule has 19 heavy (non-hydrogen) atoms. The first-order valence-corrected chi connectivity index (χ1v) is 6.58. The van der Waals surface area contributed by atoms with Crippen LogP contribution in [-0.2, 0) is 0 Å². The number of anilines is 2. The van der Waals surface area contributed by atoms with E-state index in [9.17, 15) is 0 Å². The van der Waals surface area contributed by atoms with Crippen molar-refractivity contribution >= 4 is 11.4 Å². The second-order valence-electron chi connectivity index (χ2n) is 4.95. The normalized spacial score (nSPS) is 14.2. The molecule has 96 valence electrons. The third-order valence-electron chi connectivity index (χ3n) is 3.58. The fourth-order valence-electron chi connectivity index (χ4n) is 2.50. The summed E-state index contributed by atoms with van der Waals surface area (Å²) in [6.07, 6.45) is 4.30. The van der Waals surface area contributed by atoms with Gasteiger partial charge in [0.1, 0.15) is 0 Å². The minimum absolute atomic E-state index is 0.871. The van der Waals surface area contributed by atoms with Gasteiger partial charge in [-0.3, -0.25) is 0 Å². The number of para-hydroxylation sites is 2. The Morgan fingerprint density at radius 2 is 1.11 bits per heavy atom. The summed E-state index contributed by atoms with van der Waals surface area (Å²) >= 11 is 0. The van der Waals surface area contributed by atoms with E-state index in [1.54, 1.807) is 0 Å². The maximum absolute atomic E-state index is 2.28. The molecule has 1 aliphatic rings. The van der Waals surface area contributed by atoms with Gasteiger partial charge in [-0.1, -0.05) is 36.4 Å². The van der Waals surface area contributed by atoms with Gasteiger partial charge < -0.3 is 9.80 Å².